The van der Waals surface area contributed by atoms with Gasteiger partial charge in [-0.05, 0) is 36.1 Å². The van der Waals surface area contributed by atoms with Gasteiger partial charge in [0.05, 0.1) is 4.88 Å². The minimum Gasteiger partial charge on any atom is -0.351 e. The molecule has 1 amide bonds. The van der Waals surface area contributed by atoms with Crippen molar-refractivity contribution in [1.29, 1.82) is 0 Å². The van der Waals surface area contributed by atoms with Crippen LogP contribution in [0.5, 0.6) is 0 Å². The van der Waals surface area contributed by atoms with Crippen LogP contribution in [0.4, 0.5) is 0 Å². The van der Waals surface area contributed by atoms with Crippen molar-refractivity contribution in [3.05, 3.63) is 53.0 Å². The SMILES string of the molecule is O=C(NCCCn1ccc2cccnc21)c1cccs1. The minimum absolute atomic E-state index is 0.00971. The van der Waals surface area contributed by atoms with Gasteiger partial charge in [-0.3, -0.25) is 4.79 Å². The lowest BCUT2D eigenvalue weighted by Gasteiger charge is -2.06. The molecule has 0 unspecified atom stereocenters. The molecule has 0 atom stereocenters. The number of fused-ring (bicyclic) bond motifs is 1. The van der Waals surface area contributed by atoms with Crippen LogP contribution >= 0.6 is 11.3 Å². The summed E-state index contributed by atoms with van der Waals surface area (Å²) >= 11 is 1.46. The highest BCUT2D eigenvalue weighted by atomic mass is 32.1. The molecule has 0 saturated heterocycles. The van der Waals surface area contributed by atoms with Crippen molar-refractivity contribution in [2.75, 3.05) is 6.54 Å². The van der Waals surface area contributed by atoms with Crippen LogP contribution in [0.25, 0.3) is 11.0 Å². The summed E-state index contributed by atoms with van der Waals surface area (Å²) in [5, 5.41) is 5.99. The molecule has 0 aliphatic rings. The van der Waals surface area contributed by atoms with Gasteiger partial charge in [-0.25, -0.2) is 4.98 Å². The van der Waals surface area contributed by atoms with Crippen LogP contribution in [-0.2, 0) is 6.54 Å². The highest BCUT2D eigenvalue weighted by molar-refractivity contribution is 7.12. The number of aromatic nitrogens is 2. The second kappa shape index (κ2) is 5.88. The van der Waals surface area contributed by atoms with E-state index in [0.717, 1.165) is 28.9 Å². The summed E-state index contributed by atoms with van der Waals surface area (Å²) in [7, 11) is 0. The van der Waals surface area contributed by atoms with Crippen molar-refractivity contribution < 1.29 is 4.79 Å². The lowest BCUT2D eigenvalue weighted by molar-refractivity contribution is 0.0957. The third kappa shape index (κ3) is 2.72. The number of amides is 1. The normalized spacial score (nSPS) is 10.8. The van der Waals surface area contributed by atoms with Gasteiger partial charge < -0.3 is 9.88 Å². The van der Waals surface area contributed by atoms with E-state index in [1.165, 1.54) is 11.3 Å². The van der Waals surface area contributed by atoms with Crippen molar-refractivity contribution in [3.63, 3.8) is 0 Å². The van der Waals surface area contributed by atoms with Gasteiger partial charge in [-0.15, -0.1) is 11.3 Å². The molecule has 3 heterocycles. The molecule has 0 aromatic carbocycles. The highest BCUT2D eigenvalue weighted by Crippen LogP contribution is 2.12. The first-order valence-electron chi connectivity index (χ1n) is 6.56. The quantitative estimate of drug-likeness (QED) is 0.733. The van der Waals surface area contributed by atoms with Gasteiger partial charge >= 0.3 is 0 Å². The van der Waals surface area contributed by atoms with Crippen LogP contribution in [0.3, 0.4) is 0 Å². The number of nitrogens with zero attached hydrogens (tertiary/aromatic N) is 2. The monoisotopic (exact) mass is 285 g/mol. The molecule has 0 radical (unpaired) electrons. The molecule has 0 spiro atoms. The Morgan fingerprint density at radius 2 is 2.25 bits per heavy atom. The number of thiophene rings is 1. The Morgan fingerprint density at radius 1 is 1.30 bits per heavy atom. The van der Waals surface area contributed by atoms with E-state index < -0.39 is 0 Å². The zero-order chi connectivity index (χ0) is 13.8. The highest BCUT2D eigenvalue weighted by Gasteiger charge is 2.05. The molecule has 4 nitrogen and oxygen atoms in total. The zero-order valence-corrected chi connectivity index (χ0v) is 11.8. The van der Waals surface area contributed by atoms with Gasteiger partial charge in [0.2, 0.25) is 0 Å². The molecule has 0 bridgehead atoms. The number of pyridine rings is 1. The van der Waals surface area contributed by atoms with Crippen LogP contribution in [-0.4, -0.2) is 22.0 Å². The Hall–Kier alpha value is -2.14. The van der Waals surface area contributed by atoms with Gasteiger partial charge in [0.1, 0.15) is 5.65 Å². The fourth-order valence-corrected chi connectivity index (χ4v) is 2.79. The molecular formula is C15H15N3OS. The summed E-state index contributed by atoms with van der Waals surface area (Å²) in [5.41, 5.74) is 0.997. The van der Waals surface area contributed by atoms with Crippen molar-refractivity contribution >= 4 is 28.3 Å². The summed E-state index contributed by atoms with van der Waals surface area (Å²) in [4.78, 5) is 16.9. The molecule has 3 aromatic heterocycles. The Bertz CT molecular complexity index is 703. The third-order valence-corrected chi connectivity index (χ3v) is 4.00. The van der Waals surface area contributed by atoms with Gasteiger partial charge in [-0.1, -0.05) is 6.07 Å². The summed E-state index contributed by atoms with van der Waals surface area (Å²) in [6, 6.07) is 9.78. The number of aryl methyl sites for hydroxylation is 1. The van der Waals surface area contributed by atoms with E-state index in [2.05, 4.69) is 27.0 Å². The average molecular weight is 285 g/mol. The molecule has 0 aliphatic carbocycles. The average Bonchev–Trinajstić information content (AvgIpc) is 3.13. The lowest BCUT2D eigenvalue weighted by Crippen LogP contribution is -2.24. The standard InChI is InChI=1S/C15H15N3OS/c19-15(13-5-2-11-20-13)17-8-3-9-18-10-6-12-4-1-7-16-14(12)18/h1-2,4-7,10-11H,3,8-9H2,(H,17,19). The first kappa shape index (κ1) is 12.9. The molecule has 3 rings (SSSR count). The van der Waals surface area contributed by atoms with Crippen molar-refractivity contribution in [2.45, 2.75) is 13.0 Å². The van der Waals surface area contributed by atoms with Gasteiger partial charge in [0.15, 0.2) is 0 Å². The third-order valence-electron chi connectivity index (χ3n) is 3.13. The van der Waals surface area contributed by atoms with E-state index in [9.17, 15) is 4.79 Å². The Morgan fingerprint density at radius 3 is 3.10 bits per heavy atom. The van der Waals surface area contributed by atoms with E-state index >= 15 is 0 Å². The van der Waals surface area contributed by atoms with E-state index in [1.807, 2.05) is 29.8 Å². The number of rotatable bonds is 5. The van der Waals surface area contributed by atoms with Gasteiger partial charge in [0.25, 0.3) is 5.91 Å². The molecule has 5 heteroatoms. The summed E-state index contributed by atoms with van der Waals surface area (Å²) < 4.78 is 2.12. The van der Waals surface area contributed by atoms with Gasteiger partial charge in [-0.2, -0.15) is 0 Å². The fourth-order valence-electron chi connectivity index (χ4n) is 2.15. The molecule has 0 aliphatic heterocycles. The molecular weight excluding hydrogens is 270 g/mol. The van der Waals surface area contributed by atoms with Crippen LogP contribution in [0.1, 0.15) is 16.1 Å². The molecule has 0 fully saturated rings. The zero-order valence-electron chi connectivity index (χ0n) is 11.0. The van der Waals surface area contributed by atoms with Crippen molar-refractivity contribution in [1.82, 2.24) is 14.9 Å². The summed E-state index contributed by atoms with van der Waals surface area (Å²) in [5.74, 6) is 0.00971. The van der Waals surface area contributed by atoms with E-state index in [-0.39, 0.29) is 5.91 Å². The first-order chi connectivity index (χ1) is 9.84. The number of carbonyl (C=O) groups excluding carboxylic acids is 1. The smallest absolute Gasteiger partial charge is 0.261 e. The predicted octanol–water partition coefficient (Wildman–Crippen LogP) is 2.92. The fraction of sp³-hybridized carbons (Fsp3) is 0.200. The van der Waals surface area contributed by atoms with Crippen LogP contribution < -0.4 is 5.32 Å². The molecule has 1 N–H and O–H groups in total. The largest absolute Gasteiger partial charge is 0.351 e. The Balaban J connectivity index is 1.52. The maximum atomic E-state index is 11.8. The molecule has 3 aromatic rings. The van der Waals surface area contributed by atoms with E-state index in [4.69, 9.17) is 0 Å². The van der Waals surface area contributed by atoms with E-state index in [0.29, 0.717) is 6.54 Å². The van der Waals surface area contributed by atoms with Crippen molar-refractivity contribution in [3.8, 4) is 0 Å². The topological polar surface area (TPSA) is 46.9 Å². The van der Waals surface area contributed by atoms with Crippen LogP contribution in [0, 0.1) is 0 Å². The second-order valence-corrected chi connectivity index (χ2v) is 5.46. The summed E-state index contributed by atoms with van der Waals surface area (Å²) in [6.45, 7) is 1.52. The Labute approximate surface area is 121 Å². The maximum Gasteiger partial charge on any atom is 0.261 e. The number of carbonyl (C=O) groups is 1. The van der Waals surface area contributed by atoms with Crippen molar-refractivity contribution in [2.24, 2.45) is 0 Å². The summed E-state index contributed by atoms with van der Waals surface area (Å²) in [6.07, 6.45) is 4.73. The Kier molecular flexibility index (Phi) is 3.78. The number of hydrogen-bond donors (Lipinski definition) is 1. The molecule has 20 heavy (non-hydrogen) atoms. The maximum absolute atomic E-state index is 11.8. The molecule has 102 valence electrons. The van der Waals surface area contributed by atoms with Gasteiger partial charge in [0, 0.05) is 30.9 Å². The second-order valence-electron chi connectivity index (χ2n) is 4.51. The van der Waals surface area contributed by atoms with Crippen LogP contribution in [0.2, 0.25) is 0 Å². The predicted molar refractivity (Wildman–Crippen MR) is 81.0 cm³/mol. The minimum atomic E-state index is 0.00971. The molecule has 0 saturated carbocycles. The van der Waals surface area contributed by atoms with Crippen LogP contribution in [0.15, 0.2) is 48.1 Å². The number of hydrogen-bond acceptors (Lipinski definition) is 3. The first-order valence-corrected chi connectivity index (χ1v) is 7.44. The van der Waals surface area contributed by atoms with E-state index in [1.54, 1.807) is 6.20 Å². The number of nitrogens with one attached hydrogen (secondary N) is 1. The lowest BCUT2D eigenvalue weighted by atomic mass is 10.3.